The molecule has 1 amide bonds. The van der Waals surface area contributed by atoms with Crippen molar-refractivity contribution in [2.24, 2.45) is 0 Å². The number of nitrogens with zero attached hydrogens (tertiary/aromatic N) is 4. The highest BCUT2D eigenvalue weighted by Gasteiger charge is 2.13. The van der Waals surface area contributed by atoms with Crippen molar-refractivity contribution in [2.45, 2.75) is 26.3 Å². The Hall–Kier alpha value is -2.31. The third-order valence-electron chi connectivity index (χ3n) is 2.20. The van der Waals surface area contributed by atoms with Gasteiger partial charge in [0.1, 0.15) is 5.69 Å². The van der Waals surface area contributed by atoms with E-state index in [1.54, 1.807) is 18.3 Å². The average molecular weight is 247 g/mol. The van der Waals surface area contributed by atoms with Crippen molar-refractivity contribution in [3.8, 4) is 11.5 Å². The molecular formula is C11H13N5O2. The van der Waals surface area contributed by atoms with Gasteiger partial charge in [-0.3, -0.25) is 4.79 Å². The van der Waals surface area contributed by atoms with Crippen LogP contribution < -0.4 is 5.32 Å². The fourth-order valence-electron chi connectivity index (χ4n) is 1.52. The Morgan fingerprint density at radius 2 is 2.39 bits per heavy atom. The highest BCUT2D eigenvalue weighted by Crippen LogP contribution is 2.11. The molecule has 2 rings (SSSR count). The lowest BCUT2D eigenvalue weighted by Crippen LogP contribution is -2.32. The van der Waals surface area contributed by atoms with Gasteiger partial charge < -0.3 is 9.84 Å². The first-order valence-electron chi connectivity index (χ1n) is 5.53. The Bertz CT molecular complexity index is 525. The van der Waals surface area contributed by atoms with E-state index in [0.717, 1.165) is 0 Å². The zero-order valence-corrected chi connectivity index (χ0v) is 10.1. The number of aromatic nitrogens is 4. The lowest BCUT2D eigenvalue weighted by Gasteiger charge is -2.08. The van der Waals surface area contributed by atoms with Gasteiger partial charge in [0.15, 0.2) is 0 Å². The Balaban J connectivity index is 2.05. The molecule has 18 heavy (non-hydrogen) atoms. The number of nitrogens with one attached hydrogen (secondary N) is 1. The Morgan fingerprint density at radius 1 is 1.56 bits per heavy atom. The maximum atomic E-state index is 10.9. The molecule has 7 nitrogen and oxygen atoms in total. The normalized spacial score (nSPS) is 12.1. The highest BCUT2D eigenvalue weighted by atomic mass is 16.5. The molecule has 0 unspecified atom stereocenters. The molecule has 2 aromatic heterocycles. The first kappa shape index (κ1) is 12.2. The zero-order chi connectivity index (χ0) is 13.0. The lowest BCUT2D eigenvalue weighted by atomic mass is 10.2. The van der Waals surface area contributed by atoms with Crippen LogP contribution in [0.2, 0.25) is 0 Å². The predicted octanol–water partition coefficient (Wildman–Crippen LogP) is 0.594. The minimum atomic E-state index is -0.0869. The summed E-state index contributed by atoms with van der Waals surface area (Å²) in [5, 5.41) is 14.2. The molecule has 0 bridgehead atoms. The van der Waals surface area contributed by atoms with Gasteiger partial charge >= 0.3 is 0 Å². The molecule has 94 valence electrons. The molecule has 1 N–H and O–H groups in total. The van der Waals surface area contributed by atoms with E-state index < -0.39 is 0 Å². The van der Waals surface area contributed by atoms with Crippen LogP contribution in [0.15, 0.2) is 22.9 Å². The van der Waals surface area contributed by atoms with Crippen LogP contribution in [0.1, 0.15) is 19.7 Å². The maximum Gasteiger partial charge on any atom is 0.229 e. The summed E-state index contributed by atoms with van der Waals surface area (Å²) < 4.78 is 5.09. The first-order valence-corrected chi connectivity index (χ1v) is 5.53. The number of hydrogen-bond acceptors (Lipinski definition) is 6. The molecule has 0 aliphatic carbocycles. The quantitative estimate of drug-likeness (QED) is 0.850. The van der Waals surface area contributed by atoms with Gasteiger partial charge in [0.2, 0.25) is 17.6 Å². The Morgan fingerprint density at radius 3 is 3.06 bits per heavy atom. The fraction of sp³-hybridized carbons (Fsp3) is 0.364. The van der Waals surface area contributed by atoms with E-state index in [9.17, 15) is 4.79 Å². The van der Waals surface area contributed by atoms with Crippen LogP contribution in [0.5, 0.6) is 0 Å². The summed E-state index contributed by atoms with van der Waals surface area (Å²) in [6.45, 7) is 3.34. The van der Waals surface area contributed by atoms with Gasteiger partial charge in [0.05, 0.1) is 0 Å². The van der Waals surface area contributed by atoms with Gasteiger partial charge in [0, 0.05) is 25.6 Å². The molecule has 7 heteroatoms. The molecule has 0 aromatic carbocycles. The number of rotatable bonds is 4. The van der Waals surface area contributed by atoms with Crippen LogP contribution in [-0.4, -0.2) is 32.3 Å². The van der Waals surface area contributed by atoms with Crippen molar-refractivity contribution >= 4 is 5.91 Å². The third-order valence-corrected chi connectivity index (χ3v) is 2.20. The Labute approximate surface area is 104 Å². The topological polar surface area (TPSA) is 93.8 Å². The number of amides is 1. The molecule has 0 spiro atoms. The summed E-state index contributed by atoms with van der Waals surface area (Å²) in [7, 11) is 0. The van der Waals surface area contributed by atoms with E-state index in [1.165, 1.54) is 6.92 Å². The van der Waals surface area contributed by atoms with Crippen LogP contribution in [0.4, 0.5) is 0 Å². The van der Waals surface area contributed by atoms with Crippen molar-refractivity contribution < 1.29 is 9.32 Å². The average Bonchev–Trinajstić information content (AvgIpc) is 2.77. The van der Waals surface area contributed by atoms with E-state index in [4.69, 9.17) is 4.52 Å². The number of carbonyl (C=O) groups excluding carboxylic acids is 1. The molecule has 0 aliphatic rings. The molecule has 0 saturated heterocycles. The van der Waals surface area contributed by atoms with Crippen LogP contribution in [0.3, 0.4) is 0 Å². The van der Waals surface area contributed by atoms with E-state index in [2.05, 4.69) is 25.7 Å². The molecule has 0 saturated carbocycles. The second-order valence-electron chi connectivity index (χ2n) is 3.93. The van der Waals surface area contributed by atoms with Gasteiger partial charge in [-0.2, -0.15) is 10.1 Å². The molecule has 0 fully saturated rings. The van der Waals surface area contributed by atoms with Crippen molar-refractivity contribution in [3.05, 3.63) is 24.2 Å². The van der Waals surface area contributed by atoms with Crippen LogP contribution >= 0.6 is 0 Å². The van der Waals surface area contributed by atoms with E-state index in [-0.39, 0.29) is 11.9 Å². The van der Waals surface area contributed by atoms with Crippen LogP contribution in [0, 0.1) is 0 Å². The van der Waals surface area contributed by atoms with Gasteiger partial charge in [-0.15, -0.1) is 5.10 Å². The van der Waals surface area contributed by atoms with Crippen molar-refractivity contribution in [3.63, 3.8) is 0 Å². The lowest BCUT2D eigenvalue weighted by molar-refractivity contribution is -0.119. The van der Waals surface area contributed by atoms with E-state index in [0.29, 0.717) is 23.8 Å². The molecular weight excluding hydrogens is 234 g/mol. The monoisotopic (exact) mass is 247 g/mol. The third kappa shape index (κ3) is 3.09. The van der Waals surface area contributed by atoms with Crippen molar-refractivity contribution in [2.75, 3.05) is 0 Å². The largest absolute Gasteiger partial charge is 0.353 e. The van der Waals surface area contributed by atoms with Crippen molar-refractivity contribution in [1.82, 2.24) is 25.7 Å². The molecule has 2 heterocycles. The SMILES string of the molecule is CC(=O)N[C@@H](C)Cc1nc(-c2cccnn2)no1. The van der Waals surface area contributed by atoms with E-state index in [1.807, 2.05) is 6.92 Å². The molecule has 0 aliphatic heterocycles. The maximum absolute atomic E-state index is 10.9. The molecule has 2 aromatic rings. The Kier molecular flexibility index (Phi) is 3.61. The summed E-state index contributed by atoms with van der Waals surface area (Å²) in [5.74, 6) is 0.765. The van der Waals surface area contributed by atoms with E-state index >= 15 is 0 Å². The van der Waals surface area contributed by atoms with Gasteiger partial charge in [-0.25, -0.2) is 0 Å². The summed E-state index contributed by atoms with van der Waals surface area (Å²) in [4.78, 5) is 15.1. The van der Waals surface area contributed by atoms with Gasteiger partial charge in [0.25, 0.3) is 0 Å². The summed E-state index contributed by atoms with van der Waals surface area (Å²) in [5.41, 5.74) is 0.555. The number of carbonyl (C=O) groups is 1. The fourth-order valence-corrected chi connectivity index (χ4v) is 1.52. The highest BCUT2D eigenvalue weighted by molar-refractivity contribution is 5.73. The summed E-state index contributed by atoms with van der Waals surface area (Å²) in [6.07, 6.45) is 2.05. The minimum absolute atomic E-state index is 0.0577. The zero-order valence-electron chi connectivity index (χ0n) is 10.1. The minimum Gasteiger partial charge on any atom is -0.353 e. The van der Waals surface area contributed by atoms with Gasteiger partial charge in [-0.1, -0.05) is 5.16 Å². The first-order chi connectivity index (χ1) is 8.65. The second-order valence-corrected chi connectivity index (χ2v) is 3.93. The molecule has 0 radical (unpaired) electrons. The smallest absolute Gasteiger partial charge is 0.229 e. The predicted molar refractivity (Wildman–Crippen MR) is 62.3 cm³/mol. The second kappa shape index (κ2) is 5.35. The summed E-state index contributed by atoms with van der Waals surface area (Å²) >= 11 is 0. The van der Waals surface area contributed by atoms with Crippen LogP contribution in [0.25, 0.3) is 11.5 Å². The van der Waals surface area contributed by atoms with Crippen molar-refractivity contribution in [1.29, 1.82) is 0 Å². The van der Waals surface area contributed by atoms with Gasteiger partial charge in [-0.05, 0) is 19.1 Å². The molecule has 1 atom stereocenters. The number of hydrogen-bond donors (Lipinski definition) is 1. The van der Waals surface area contributed by atoms with Crippen LogP contribution in [-0.2, 0) is 11.2 Å². The summed E-state index contributed by atoms with van der Waals surface area (Å²) in [6, 6.07) is 3.44. The standard InChI is InChI=1S/C11H13N5O2/c1-7(13-8(2)17)6-10-14-11(16-18-10)9-4-3-5-12-15-9/h3-5,7H,6H2,1-2H3,(H,13,17)/t7-/m0/s1.